The number of allylic oxidation sites excluding steroid dienone is 1. The van der Waals surface area contributed by atoms with E-state index in [-0.39, 0.29) is 28.6 Å². The van der Waals surface area contributed by atoms with Gasteiger partial charge in [0, 0.05) is 17.7 Å². The molecule has 0 bridgehead atoms. The quantitative estimate of drug-likeness (QED) is 0.289. The Hall–Kier alpha value is -4.33. The van der Waals surface area contributed by atoms with Crippen molar-refractivity contribution in [2.24, 2.45) is 0 Å². The van der Waals surface area contributed by atoms with E-state index in [2.05, 4.69) is 0 Å². The number of methoxy groups -OCH3 is 3. The van der Waals surface area contributed by atoms with Crippen LogP contribution in [0.4, 0.5) is 4.39 Å². The molecule has 0 unspecified atom stereocenters. The normalized spacial score (nSPS) is 13.3. The molecule has 0 atom stereocenters. The number of ketones is 1. The number of fused-ring (bicyclic) bond motifs is 1. The van der Waals surface area contributed by atoms with Gasteiger partial charge in [-0.25, -0.2) is 9.18 Å². The van der Waals surface area contributed by atoms with Gasteiger partial charge in [-0.15, -0.1) is 0 Å². The number of aryl methyl sites for hydroxylation is 1. The standard InChI is InChI=1S/C26H21FO7/c1-14-8-18(33-26(29)15-6-5-7-17(27)9-15)12-22-24(14)25(28)23(34-22)11-16-10-20(31-3)21(32-4)13-19(16)30-2/h5-13H,1-4H3/b23-11-. The predicted molar refractivity (Wildman–Crippen MR) is 122 cm³/mol. The second-order valence-corrected chi connectivity index (χ2v) is 7.40. The van der Waals surface area contributed by atoms with Gasteiger partial charge in [0.05, 0.1) is 32.5 Å². The molecule has 8 heteroatoms. The van der Waals surface area contributed by atoms with Gasteiger partial charge in [0.1, 0.15) is 23.1 Å². The average Bonchev–Trinajstić information content (AvgIpc) is 3.13. The summed E-state index contributed by atoms with van der Waals surface area (Å²) in [6, 6.07) is 11.5. The molecule has 0 aromatic heterocycles. The fourth-order valence-corrected chi connectivity index (χ4v) is 3.62. The Balaban J connectivity index is 1.65. The number of carbonyl (C=O) groups excluding carboxylic acids is 2. The van der Waals surface area contributed by atoms with Gasteiger partial charge in [-0.1, -0.05) is 6.07 Å². The van der Waals surface area contributed by atoms with Crippen molar-refractivity contribution < 1.29 is 37.7 Å². The van der Waals surface area contributed by atoms with Crippen molar-refractivity contribution in [2.75, 3.05) is 21.3 Å². The van der Waals surface area contributed by atoms with Crippen LogP contribution in [0.15, 0.2) is 54.3 Å². The van der Waals surface area contributed by atoms with Crippen LogP contribution in [0.2, 0.25) is 0 Å². The van der Waals surface area contributed by atoms with Crippen molar-refractivity contribution in [3.05, 3.63) is 82.4 Å². The van der Waals surface area contributed by atoms with Crippen LogP contribution in [0.3, 0.4) is 0 Å². The van der Waals surface area contributed by atoms with Gasteiger partial charge in [0.25, 0.3) is 0 Å². The smallest absolute Gasteiger partial charge is 0.343 e. The van der Waals surface area contributed by atoms with Crippen LogP contribution in [0, 0.1) is 12.7 Å². The Morgan fingerprint density at radius 1 is 0.941 bits per heavy atom. The van der Waals surface area contributed by atoms with E-state index >= 15 is 0 Å². The Labute approximate surface area is 195 Å². The largest absolute Gasteiger partial charge is 0.496 e. The maximum Gasteiger partial charge on any atom is 0.343 e. The molecule has 1 aliphatic rings. The summed E-state index contributed by atoms with van der Waals surface area (Å²) in [4.78, 5) is 25.4. The SMILES string of the molecule is COc1cc(OC)c(OC)cc1/C=C1\Oc2cc(OC(=O)c3cccc(F)c3)cc(C)c2C1=O. The zero-order valence-corrected chi connectivity index (χ0v) is 18.9. The molecule has 3 aromatic carbocycles. The molecule has 0 N–H and O–H groups in total. The molecule has 7 nitrogen and oxygen atoms in total. The lowest BCUT2D eigenvalue weighted by molar-refractivity contribution is 0.0734. The van der Waals surface area contributed by atoms with Crippen LogP contribution in [-0.2, 0) is 0 Å². The molecule has 0 fully saturated rings. The fourth-order valence-electron chi connectivity index (χ4n) is 3.62. The number of hydrogen-bond acceptors (Lipinski definition) is 7. The number of carbonyl (C=O) groups is 2. The topological polar surface area (TPSA) is 80.3 Å². The van der Waals surface area contributed by atoms with E-state index in [1.165, 1.54) is 45.6 Å². The van der Waals surface area contributed by atoms with Gasteiger partial charge in [0.2, 0.25) is 5.78 Å². The molecule has 34 heavy (non-hydrogen) atoms. The van der Waals surface area contributed by atoms with Crippen LogP contribution in [0.1, 0.15) is 31.8 Å². The predicted octanol–water partition coefficient (Wildman–Crippen LogP) is 5.00. The Morgan fingerprint density at radius 2 is 1.65 bits per heavy atom. The molecular formula is C26H21FO7. The van der Waals surface area contributed by atoms with Crippen LogP contribution in [0.25, 0.3) is 6.08 Å². The highest BCUT2D eigenvalue weighted by Gasteiger charge is 2.31. The van der Waals surface area contributed by atoms with Gasteiger partial charge in [-0.3, -0.25) is 4.79 Å². The number of rotatable bonds is 6. The minimum atomic E-state index is -0.728. The molecule has 174 valence electrons. The van der Waals surface area contributed by atoms with Gasteiger partial charge >= 0.3 is 5.97 Å². The lowest BCUT2D eigenvalue weighted by atomic mass is 10.0. The van der Waals surface area contributed by atoms with Crippen molar-refractivity contribution >= 4 is 17.8 Å². The first-order valence-corrected chi connectivity index (χ1v) is 10.2. The van der Waals surface area contributed by atoms with E-state index in [1.54, 1.807) is 31.2 Å². The van der Waals surface area contributed by atoms with E-state index in [9.17, 15) is 14.0 Å². The molecule has 1 heterocycles. The minimum absolute atomic E-state index is 0.0660. The first-order valence-electron chi connectivity index (χ1n) is 10.2. The van der Waals surface area contributed by atoms with Gasteiger partial charge in [-0.05, 0) is 48.9 Å². The number of halogens is 1. The molecule has 0 saturated carbocycles. The summed E-state index contributed by atoms with van der Waals surface area (Å²) >= 11 is 0. The third-order valence-corrected chi connectivity index (χ3v) is 5.24. The summed E-state index contributed by atoms with van der Waals surface area (Å²) in [6.07, 6.45) is 1.54. The van der Waals surface area contributed by atoms with Crippen molar-refractivity contribution in [1.82, 2.24) is 0 Å². The zero-order valence-electron chi connectivity index (χ0n) is 18.9. The molecule has 4 rings (SSSR count). The van der Waals surface area contributed by atoms with Gasteiger partial charge in [0.15, 0.2) is 17.3 Å². The number of esters is 1. The van der Waals surface area contributed by atoms with Crippen LogP contribution in [0.5, 0.6) is 28.7 Å². The lowest BCUT2D eigenvalue weighted by Gasteiger charge is -2.12. The second kappa shape index (κ2) is 9.27. The highest BCUT2D eigenvalue weighted by Crippen LogP contribution is 2.40. The number of benzene rings is 3. The molecule has 1 aliphatic heterocycles. The summed E-state index contributed by atoms with van der Waals surface area (Å²) in [5.74, 6) is 0.275. The van der Waals surface area contributed by atoms with Gasteiger partial charge in [-0.2, -0.15) is 0 Å². The summed E-state index contributed by atoms with van der Waals surface area (Å²) in [6.45, 7) is 1.71. The maximum atomic E-state index is 13.4. The van der Waals surface area contributed by atoms with E-state index < -0.39 is 11.8 Å². The maximum absolute atomic E-state index is 13.4. The van der Waals surface area contributed by atoms with E-state index in [4.69, 9.17) is 23.7 Å². The third kappa shape index (κ3) is 4.30. The monoisotopic (exact) mass is 464 g/mol. The first-order chi connectivity index (χ1) is 16.3. The van der Waals surface area contributed by atoms with E-state index in [1.807, 2.05) is 0 Å². The van der Waals surface area contributed by atoms with Crippen molar-refractivity contribution in [2.45, 2.75) is 6.92 Å². The van der Waals surface area contributed by atoms with Crippen LogP contribution in [-0.4, -0.2) is 33.1 Å². The number of ether oxygens (including phenoxy) is 5. The van der Waals surface area contributed by atoms with E-state index in [0.717, 1.165) is 6.07 Å². The van der Waals surface area contributed by atoms with Crippen molar-refractivity contribution in [3.8, 4) is 28.7 Å². The molecular weight excluding hydrogens is 443 g/mol. The highest BCUT2D eigenvalue weighted by atomic mass is 19.1. The van der Waals surface area contributed by atoms with Gasteiger partial charge < -0.3 is 23.7 Å². The van der Waals surface area contributed by atoms with E-state index in [0.29, 0.717) is 33.9 Å². The Kier molecular flexibility index (Phi) is 6.23. The molecule has 0 spiro atoms. The summed E-state index contributed by atoms with van der Waals surface area (Å²) in [5, 5.41) is 0. The molecule has 0 saturated heterocycles. The van der Waals surface area contributed by atoms with Crippen LogP contribution < -0.4 is 23.7 Å². The number of Topliss-reactive ketones (excluding diaryl/α,β-unsaturated/α-hetero) is 1. The average molecular weight is 464 g/mol. The summed E-state index contributed by atoms with van der Waals surface area (Å²) in [7, 11) is 4.51. The fraction of sp³-hybridized carbons (Fsp3) is 0.154. The molecule has 0 aliphatic carbocycles. The lowest BCUT2D eigenvalue weighted by Crippen LogP contribution is -2.09. The molecule has 0 radical (unpaired) electrons. The number of hydrogen-bond donors (Lipinski definition) is 0. The Morgan fingerprint density at radius 3 is 2.32 bits per heavy atom. The first kappa shape index (κ1) is 22.8. The van der Waals surface area contributed by atoms with Crippen molar-refractivity contribution in [1.29, 1.82) is 0 Å². The second-order valence-electron chi connectivity index (χ2n) is 7.40. The van der Waals surface area contributed by atoms with Crippen LogP contribution >= 0.6 is 0 Å². The highest BCUT2D eigenvalue weighted by molar-refractivity contribution is 6.15. The minimum Gasteiger partial charge on any atom is -0.496 e. The van der Waals surface area contributed by atoms with Crippen molar-refractivity contribution in [3.63, 3.8) is 0 Å². The molecule has 0 amide bonds. The molecule has 3 aromatic rings. The third-order valence-electron chi connectivity index (χ3n) is 5.24. The zero-order chi connectivity index (χ0) is 24.4. The Bertz CT molecular complexity index is 1330. The summed E-state index contributed by atoms with van der Waals surface area (Å²) < 4.78 is 40.7. The summed E-state index contributed by atoms with van der Waals surface area (Å²) in [5.41, 5.74) is 1.53.